The molecule has 0 saturated carbocycles. The van der Waals surface area contributed by atoms with Crippen LogP contribution < -0.4 is 10.4 Å². The zero-order chi connectivity index (χ0) is 21.2. The number of fused-ring (bicyclic) bond motifs is 4. The molecule has 0 N–H and O–H groups in total. The van der Waals surface area contributed by atoms with E-state index in [1.807, 2.05) is 7.05 Å². The molecule has 6 rings (SSSR count). The quantitative estimate of drug-likeness (QED) is 0.722. The molecule has 0 aromatic heterocycles. The second-order valence-corrected chi connectivity index (χ2v) is 9.44. The Balaban J connectivity index is 1.59. The van der Waals surface area contributed by atoms with Crippen LogP contribution >= 0.6 is 0 Å². The fourth-order valence-electron chi connectivity index (χ4n) is 5.81. The summed E-state index contributed by atoms with van der Waals surface area (Å²) in [5.74, 6) is 0.872. The summed E-state index contributed by atoms with van der Waals surface area (Å²) in [5.41, 5.74) is 5.32. The van der Waals surface area contributed by atoms with Gasteiger partial charge in [0.15, 0.2) is 6.61 Å². The van der Waals surface area contributed by atoms with Crippen LogP contribution in [0.3, 0.4) is 0 Å². The lowest BCUT2D eigenvalue weighted by molar-refractivity contribution is -0.134. The van der Waals surface area contributed by atoms with E-state index in [1.54, 1.807) is 4.90 Å². The molecule has 1 heterocycles. The maximum atomic E-state index is 12.3. The Hall–Kier alpha value is -3.07. The van der Waals surface area contributed by atoms with Crippen LogP contribution in [0.1, 0.15) is 37.3 Å². The van der Waals surface area contributed by atoms with Crippen LogP contribution in [-0.4, -0.2) is 24.5 Å². The standard InChI is InChI=1S/C28H27NO2/c1-28(14-13-26-25(16-28)29(2)27(30)17-31-26)24-15-23-19-8-4-3-7-18(19)11-12-21(23)20-9-5-6-10-22(20)24/h5-7,9-14H,3-4,8,15-17H2,1-2H3. The van der Waals surface area contributed by atoms with Crippen LogP contribution in [-0.2, 0) is 22.4 Å². The Kier molecular flexibility index (Phi) is 4.05. The monoisotopic (exact) mass is 409 g/mol. The minimum Gasteiger partial charge on any atom is -0.482 e. The highest BCUT2D eigenvalue weighted by atomic mass is 16.5. The zero-order valence-corrected chi connectivity index (χ0v) is 18.2. The third-order valence-corrected chi connectivity index (χ3v) is 7.60. The van der Waals surface area contributed by atoms with Gasteiger partial charge in [-0.2, -0.15) is 0 Å². The lowest BCUT2D eigenvalue weighted by Crippen LogP contribution is -2.39. The van der Waals surface area contributed by atoms with Crippen molar-refractivity contribution in [1.82, 2.24) is 4.90 Å². The van der Waals surface area contributed by atoms with E-state index >= 15 is 0 Å². The first kappa shape index (κ1) is 18.7. The molecule has 156 valence electrons. The van der Waals surface area contributed by atoms with Gasteiger partial charge in [0.2, 0.25) is 0 Å². The minimum absolute atomic E-state index is 0.0281. The smallest absolute Gasteiger partial charge is 0.264 e. The Labute approximate surface area is 182 Å². The highest BCUT2D eigenvalue weighted by molar-refractivity contribution is 5.81. The zero-order valence-electron chi connectivity index (χ0n) is 18.2. The van der Waals surface area contributed by atoms with Crippen molar-refractivity contribution >= 4 is 17.6 Å². The molecule has 2 aromatic rings. The Morgan fingerprint density at radius 2 is 1.87 bits per heavy atom. The van der Waals surface area contributed by atoms with E-state index in [-0.39, 0.29) is 17.9 Å². The Morgan fingerprint density at radius 1 is 1.03 bits per heavy atom. The molecule has 0 bridgehead atoms. The predicted octanol–water partition coefficient (Wildman–Crippen LogP) is 3.46. The molecule has 4 aliphatic rings. The van der Waals surface area contributed by atoms with E-state index < -0.39 is 0 Å². The summed E-state index contributed by atoms with van der Waals surface area (Å²) >= 11 is 0. The molecule has 1 amide bonds. The summed E-state index contributed by atoms with van der Waals surface area (Å²) in [6, 6.07) is 13.5. The first-order valence-electron chi connectivity index (χ1n) is 11.3. The van der Waals surface area contributed by atoms with Gasteiger partial charge in [0, 0.05) is 18.9 Å². The van der Waals surface area contributed by atoms with Crippen LogP contribution in [0.4, 0.5) is 0 Å². The highest BCUT2D eigenvalue weighted by Crippen LogP contribution is 2.44. The minimum atomic E-state index is -0.164. The van der Waals surface area contributed by atoms with E-state index in [1.165, 1.54) is 50.4 Å². The first-order chi connectivity index (χ1) is 15.0. The van der Waals surface area contributed by atoms with E-state index in [4.69, 9.17) is 4.74 Å². The molecule has 0 fully saturated rings. The maximum Gasteiger partial charge on any atom is 0.264 e. The van der Waals surface area contributed by atoms with Gasteiger partial charge in [-0.15, -0.1) is 0 Å². The van der Waals surface area contributed by atoms with Crippen LogP contribution in [0.25, 0.3) is 11.6 Å². The number of nitrogens with zero attached hydrogens (tertiary/aromatic N) is 1. The number of rotatable bonds is 1. The maximum absolute atomic E-state index is 12.3. The molecule has 31 heavy (non-hydrogen) atoms. The van der Waals surface area contributed by atoms with Crippen LogP contribution in [0.2, 0.25) is 0 Å². The average Bonchev–Trinajstić information content (AvgIpc) is 2.81. The van der Waals surface area contributed by atoms with Gasteiger partial charge in [-0.25, -0.2) is 0 Å². The summed E-state index contributed by atoms with van der Waals surface area (Å²) in [6.45, 7) is 2.45. The number of hydrogen-bond donors (Lipinski definition) is 0. The molecule has 3 aliphatic carbocycles. The van der Waals surface area contributed by atoms with Crippen molar-refractivity contribution < 1.29 is 9.53 Å². The summed E-state index contributed by atoms with van der Waals surface area (Å²) in [6.07, 6.45) is 12.1. The van der Waals surface area contributed by atoms with Gasteiger partial charge in [-0.3, -0.25) is 4.79 Å². The number of amides is 1. The molecule has 0 spiro atoms. The average molecular weight is 410 g/mol. The van der Waals surface area contributed by atoms with Crippen LogP contribution in [0.5, 0.6) is 0 Å². The van der Waals surface area contributed by atoms with E-state index in [0.29, 0.717) is 0 Å². The normalized spacial score (nSPS) is 24.0. The number of allylic oxidation sites excluding steroid dienone is 3. The van der Waals surface area contributed by atoms with E-state index in [2.05, 4.69) is 61.5 Å². The van der Waals surface area contributed by atoms with Crippen molar-refractivity contribution in [2.45, 2.75) is 39.0 Å². The summed E-state index contributed by atoms with van der Waals surface area (Å²) < 4.78 is 5.73. The lowest BCUT2D eigenvalue weighted by Gasteiger charge is -2.39. The van der Waals surface area contributed by atoms with Gasteiger partial charge >= 0.3 is 0 Å². The molecule has 3 nitrogen and oxygen atoms in total. The largest absolute Gasteiger partial charge is 0.482 e. The van der Waals surface area contributed by atoms with Gasteiger partial charge < -0.3 is 9.64 Å². The van der Waals surface area contributed by atoms with Gasteiger partial charge in [0.1, 0.15) is 5.76 Å². The number of hydrogen-bond acceptors (Lipinski definition) is 2. The van der Waals surface area contributed by atoms with Crippen molar-refractivity contribution in [2.75, 3.05) is 13.7 Å². The van der Waals surface area contributed by atoms with Gasteiger partial charge in [0.25, 0.3) is 5.91 Å². The topological polar surface area (TPSA) is 29.5 Å². The number of ether oxygens (including phenoxy) is 1. The molecule has 0 saturated heterocycles. The van der Waals surface area contributed by atoms with Gasteiger partial charge in [-0.05, 0) is 69.3 Å². The highest BCUT2D eigenvalue weighted by Gasteiger charge is 2.37. The SMILES string of the molecule is CN1C(=O)COC2=C1CC(C)(C1=c3ccccc3=c3ccc4c(c3C1)CCCC=4)C=C2. The number of carbonyl (C=O) groups excluding carboxylic acids is 1. The second-order valence-electron chi connectivity index (χ2n) is 9.44. The summed E-state index contributed by atoms with van der Waals surface area (Å²) in [5, 5.41) is 5.50. The third-order valence-electron chi connectivity index (χ3n) is 7.60. The lowest BCUT2D eigenvalue weighted by atomic mass is 9.70. The fraction of sp³-hybridized carbons (Fsp3) is 0.321. The van der Waals surface area contributed by atoms with Crippen molar-refractivity contribution in [1.29, 1.82) is 0 Å². The van der Waals surface area contributed by atoms with Crippen molar-refractivity contribution in [3.63, 3.8) is 0 Å². The summed E-state index contributed by atoms with van der Waals surface area (Å²) in [4.78, 5) is 14.1. The Morgan fingerprint density at radius 3 is 2.74 bits per heavy atom. The van der Waals surface area contributed by atoms with Gasteiger partial charge in [0.05, 0.1) is 5.70 Å². The molecular formula is C28H27NO2. The second kappa shape index (κ2) is 6.71. The molecule has 2 aromatic carbocycles. The molecule has 1 aliphatic heterocycles. The van der Waals surface area contributed by atoms with Crippen LogP contribution in [0.15, 0.2) is 60.0 Å². The number of carbonyl (C=O) groups is 1. The Bertz CT molecular complexity index is 1410. The number of likely N-dealkylation sites (N-methyl/N-ethyl adjacent to an activating group) is 1. The third kappa shape index (κ3) is 2.76. The van der Waals surface area contributed by atoms with Crippen molar-refractivity contribution in [3.05, 3.63) is 92.0 Å². The first-order valence-corrected chi connectivity index (χ1v) is 11.3. The van der Waals surface area contributed by atoms with Gasteiger partial charge in [-0.1, -0.05) is 55.5 Å². The van der Waals surface area contributed by atoms with E-state index in [0.717, 1.165) is 30.7 Å². The number of benzene rings is 2. The summed E-state index contributed by atoms with van der Waals surface area (Å²) in [7, 11) is 1.88. The molecule has 1 unspecified atom stereocenters. The van der Waals surface area contributed by atoms with Crippen LogP contribution in [0, 0.1) is 15.9 Å². The fourth-order valence-corrected chi connectivity index (χ4v) is 5.81. The molecular weight excluding hydrogens is 382 g/mol. The molecule has 3 heteroatoms. The molecule has 1 atom stereocenters. The predicted molar refractivity (Wildman–Crippen MR) is 122 cm³/mol. The van der Waals surface area contributed by atoms with E-state index in [9.17, 15) is 4.79 Å². The van der Waals surface area contributed by atoms with Crippen molar-refractivity contribution in [2.24, 2.45) is 5.41 Å². The van der Waals surface area contributed by atoms with Crippen molar-refractivity contribution in [3.8, 4) is 0 Å². The molecule has 0 radical (unpaired) electrons.